The van der Waals surface area contributed by atoms with E-state index in [0.29, 0.717) is 24.5 Å². The zero-order chi connectivity index (χ0) is 30.8. The third kappa shape index (κ3) is 7.43. The predicted molar refractivity (Wildman–Crippen MR) is 168 cm³/mol. The molecule has 0 atom stereocenters. The first-order chi connectivity index (χ1) is 21.1. The van der Waals surface area contributed by atoms with Gasteiger partial charge in [-0.2, -0.15) is 0 Å². The molecule has 1 aliphatic carbocycles. The maximum Gasteiger partial charge on any atom is 0.410 e. The van der Waals surface area contributed by atoms with Gasteiger partial charge in [0.15, 0.2) is 11.6 Å². The molecule has 0 spiro atoms. The van der Waals surface area contributed by atoms with Crippen LogP contribution in [-0.4, -0.2) is 69.7 Å². The van der Waals surface area contributed by atoms with Gasteiger partial charge in [-0.15, -0.1) is 11.3 Å². The first-order valence-corrected chi connectivity index (χ1v) is 15.5. The van der Waals surface area contributed by atoms with Gasteiger partial charge in [-0.25, -0.2) is 14.0 Å². The summed E-state index contributed by atoms with van der Waals surface area (Å²) in [5.74, 6) is -0.0473. The number of rotatable bonds is 7. The number of pyridine rings is 2. The number of piperazine rings is 1. The predicted octanol–water partition coefficient (Wildman–Crippen LogP) is 6.63. The van der Waals surface area contributed by atoms with Crippen LogP contribution in [-0.2, 0) is 11.3 Å². The van der Waals surface area contributed by atoms with Crippen LogP contribution in [0.2, 0.25) is 0 Å². The Morgan fingerprint density at radius 3 is 2.50 bits per heavy atom. The van der Waals surface area contributed by atoms with E-state index in [2.05, 4.69) is 26.6 Å². The van der Waals surface area contributed by atoms with Crippen molar-refractivity contribution in [2.24, 2.45) is 0 Å². The molecule has 4 aromatic rings. The second kappa shape index (κ2) is 12.4. The number of thiophene rings is 1. The summed E-state index contributed by atoms with van der Waals surface area (Å²) in [5.41, 5.74) is 2.47. The standard InChI is InChI=1S/C32H35FN6O4S/c1-32(2,3)43-31(41)39-14-12-38(13-15-39)19-20-4-8-24(35-18-20)28-17-25-29(44-28)27(10-11-34-25)42-26-9-7-22(16-23(26)33)37-30(40)36-21-5-6-21/h4,7-11,16-18,21H,5-6,12-15,19H2,1-3H3,(H2,36,37,40). The molecule has 0 unspecified atom stereocenters. The van der Waals surface area contributed by atoms with Gasteiger partial charge in [-0.05, 0) is 63.4 Å². The molecule has 10 nitrogen and oxygen atoms in total. The lowest BCUT2D eigenvalue weighted by molar-refractivity contribution is 0.0139. The van der Waals surface area contributed by atoms with Crippen LogP contribution in [0.4, 0.5) is 19.7 Å². The molecule has 3 aromatic heterocycles. The zero-order valence-corrected chi connectivity index (χ0v) is 25.7. The Labute approximate surface area is 259 Å². The van der Waals surface area contributed by atoms with Crippen molar-refractivity contribution in [2.75, 3.05) is 31.5 Å². The number of ether oxygens (including phenoxy) is 2. The van der Waals surface area contributed by atoms with Crippen LogP contribution >= 0.6 is 11.3 Å². The van der Waals surface area contributed by atoms with Gasteiger partial charge in [-0.3, -0.25) is 14.9 Å². The second-order valence-electron chi connectivity index (χ2n) is 12.0. The van der Waals surface area contributed by atoms with Gasteiger partial charge in [-0.1, -0.05) is 6.07 Å². The average molecular weight is 619 g/mol. The fourth-order valence-electron chi connectivity index (χ4n) is 4.82. The van der Waals surface area contributed by atoms with E-state index in [1.807, 2.05) is 39.1 Å². The van der Waals surface area contributed by atoms with E-state index in [0.717, 1.165) is 58.8 Å². The van der Waals surface area contributed by atoms with Crippen LogP contribution in [0, 0.1) is 5.82 Å². The summed E-state index contributed by atoms with van der Waals surface area (Å²) in [4.78, 5) is 38.5. The highest BCUT2D eigenvalue weighted by molar-refractivity contribution is 7.22. The normalized spacial score (nSPS) is 15.7. The molecule has 0 radical (unpaired) electrons. The van der Waals surface area contributed by atoms with Crippen LogP contribution < -0.4 is 15.4 Å². The summed E-state index contributed by atoms with van der Waals surface area (Å²) in [5, 5.41) is 5.47. The van der Waals surface area contributed by atoms with Gasteiger partial charge in [0, 0.05) is 69.0 Å². The first-order valence-electron chi connectivity index (χ1n) is 14.7. The van der Waals surface area contributed by atoms with Crippen LogP contribution in [0.25, 0.3) is 20.8 Å². The number of urea groups is 1. The molecule has 1 aromatic carbocycles. The monoisotopic (exact) mass is 618 g/mol. The minimum Gasteiger partial charge on any atom is -0.453 e. The number of nitrogens with one attached hydrogen (secondary N) is 2. The van der Waals surface area contributed by atoms with Gasteiger partial charge < -0.3 is 25.0 Å². The Balaban J connectivity index is 1.08. The second-order valence-corrected chi connectivity index (χ2v) is 13.1. The van der Waals surface area contributed by atoms with Gasteiger partial charge in [0.05, 0.1) is 20.8 Å². The Hall–Kier alpha value is -4.29. The number of carbonyl (C=O) groups is 2. The molecule has 1 saturated heterocycles. The molecular formula is C32H35FN6O4S. The summed E-state index contributed by atoms with van der Waals surface area (Å²) >= 11 is 1.48. The van der Waals surface area contributed by atoms with E-state index < -0.39 is 11.4 Å². The van der Waals surface area contributed by atoms with Crippen molar-refractivity contribution < 1.29 is 23.5 Å². The number of hydrogen-bond donors (Lipinski definition) is 2. The molecule has 4 heterocycles. The number of hydrogen-bond acceptors (Lipinski definition) is 8. The van der Waals surface area contributed by atoms with Crippen molar-refractivity contribution in [3.63, 3.8) is 0 Å². The quantitative estimate of drug-likeness (QED) is 0.239. The lowest BCUT2D eigenvalue weighted by atomic mass is 10.2. The largest absolute Gasteiger partial charge is 0.453 e. The molecule has 0 bridgehead atoms. The number of aromatic nitrogens is 2. The summed E-state index contributed by atoms with van der Waals surface area (Å²) in [6, 6.07) is 11.9. The van der Waals surface area contributed by atoms with Crippen molar-refractivity contribution in [1.82, 2.24) is 25.1 Å². The molecule has 1 saturated carbocycles. The summed E-state index contributed by atoms with van der Waals surface area (Å²) < 4.78 is 27.1. The van der Waals surface area contributed by atoms with Crippen LogP contribution in [0.3, 0.4) is 0 Å². The fourth-order valence-corrected chi connectivity index (χ4v) is 5.86. The molecule has 12 heteroatoms. The minimum atomic E-state index is -0.584. The third-order valence-corrected chi connectivity index (χ3v) is 8.37. The van der Waals surface area contributed by atoms with Crippen molar-refractivity contribution in [2.45, 2.75) is 51.8 Å². The van der Waals surface area contributed by atoms with E-state index in [4.69, 9.17) is 14.5 Å². The van der Waals surface area contributed by atoms with E-state index in [-0.39, 0.29) is 23.9 Å². The molecule has 1 aliphatic heterocycles. The highest BCUT2D eigenvalue weighted by atomic mass is 32.1. The van der Waals surface area contributed by atoms with Gasteiger partial charge in [0.2, 0.25) is 0 Å². The van der Waals surface area contributed by atoms with Crippen molar-refractivity contribution in [3.05, 3.63) is 66.2 Å². The first kappa shape index (κ1) is 29.8. The summed E-state index contributed by atoms with van der Waals surface area (Å²) in [7, 11) is 0. The number of carbonyl (C=O) groups excluding carboxylic acids is 2. The molecule has 2 aliphatic rings. The Kier molecular flexibility index (Phi) is 8.37. The lowest BCUT2D eigenvalue weighted by Gasteiger charge is -2.35. The van der Waals surface area contributed by atoms with Gasteiger partial charge in [0.25, 0.3) is 0 Å². The maximum atomic E-state index is 14.9. The molecule has 44 heavy (non-hydrogen) atoms. The van der Waals surface area contributed by atoms with Crippen LogP contribution in [0.1, 0.15) is 39.2 Å². The maximum absolute atomic E-state index is 14.9. The van der Waals surface area contributed by atoms with Gasteiger partial charge >= 0.3 is 12.1 Å². The zero-order valence-electron chi connectivity index (χ0n) is 24.9. The minimum absolute atomic E-state index is 0.0509. The third-order valence-electron chi connectivity index (χ3n) is 7.21. The lowest BCUT2D eigenvalue weighted by Crippen LogP contribution is -2.49. The number of amides is 3. The molecular weight excluding hydrogens is 583 g/mol. The number of benzene rings is 1. The molecule has 6 rings (SSSR count). The van der Waals surface area contributed by atoms with Crippen molar-refractivity contribution in [1.29, 1.82) is 0 Å². The van der Waals surface area contributed by atoms with E-state index >= 15 is 0 Å². The average Bonchev–Trinajstić information content (AvgIpc) is 3.68. The molecule has 2 N–H and O–H groups in total. The number of nitrogens with zero attached hydrogens (tertiary/aromatic N) is 4. The van der Waals surface area contributed by atoms with Crippen LogP contribution in [0.15, 0.2) is 54.9 Å². The van der Waals surface area contributed by atoms with E-state index in [1.54, 1.807) is 23.2 Å². The number of fused-ring (bicyclic) bond motifs is 1. The highest BCUT2D eigenvalue weighted by Gasteiger charge is 2.26. The van der Waals surface area contributed by atoms with E-state index in [1.165, 1.54) is 23.5 Å². The highest BCUT2D eigenvalue weighted by Crippen LogP contribution is 2.39. The number of halogens is 1. The summed E-state index contributed by atoms with van der Waals surface area (Å²) in [6.45, 7) is 9.15. The smallest absolute Gasteiger partial charge is 0.410 e. The molecule has 3 amide bonds. The SMILES string of the molecule is CC(C)(C)OC(=O)N1CCN(Cc2ccc(-c3cc4nccc(Oc5ccc(NC(=O)NC6CC6)cc5F)c4s3)nc2)CC1. The Morgan fingerprint density at radius 2 is 1.82 bits per heavy atom. The van der Waals surface area contributed by atoms with Crippen LogP contribution in [0.5, 0.6) is 11.5 Å². The Morgan fingerprint density at radius 1 is 1.02 bits per heavy atom. The number of anilines is 1. The fraction of sp³-hybridized carbons (Fsp3) is 0.375. The Bertz CT molecular complexity index is 1660. The molecule has 2 fully saturated rings. The van der Waals surface area contributed by atoms with Crippen molar-refractivity contribution >= 4 is 39.4 Å². The molecule has 230 valence electrons. The van der Waals surface area contributed by atoms with Gasteiger partial charge in [0.1, 0.15) is 11.4 Å². The van der Waals surface area contributed by atoms with E-state index in [9.17, 15) is 14.0 Å². The van der Waals surface area contributed by atoms with Crippen molar-refractivity contribution in [3.8, 4) is 22.1 Å². The topological polar surface area (TPSA) is 109 Å². The summed E-state index contributed by atoms with van der Waals surface area (Å²) in [6.07, 6.45) is 5.18.